The molecule has 0 radical (unpaired) electrons. The lowest BCUT2D eigenvalue weighted by Crippen LogP contribution is -2.28. The topological polar surface area (TPSA) is 29.5 Å². The van der Waals surface area contributed by atoms with Crippen LogP contribution in [0.1, 0.15) is 32.1 Å². The molecule has 2 saturated heterocycles. The molecule has 2 nitrogen and oxygen atoms in total. The first-order chi connectivity index (χ1) is 7.86. The Labute approximate surface area is 107 Å². The van der Waals surface area contributed by atoms with E-state index in [-0.39, 0.29) is 6.10 Å². The van der Waals surface area contributed by atoms with Crippen LogP contribution in [-0.4, -0.2) is 46.4 Å². The van der Waals surface area contributed by atoms with Crippen LogP contribution in [0.3, 0.4) is 0 Å². The average Bonchev–Trinajstić information content (AvgIpc) is 2.83. The number of rotatable bonds is 5. The molecule has 3 atom stereocenters. The van der Waals surface area contributed by atoms with Crippen molar-refractivity contribution in [3.63, 3.8) is 0 Å². The van der Waals surface area contributed by atoms with Crippen LogP contribution in [0.4, 0.5) is 0 Å². The predicted octanol–water partition coefficient (Wildman–Crippen LogP) is 2.55. The molecule has 0 aromatic heterocycles. The van der Waals surface area contributed by atoms with Gasteiger partial charge in [0, 0.05) is 29.1 Å². The van der Waals surface area contributed by atoms with Gasteiger partial charge in [-0.1, -0.05) is 0 Å². The molecule has 2 fully saturated rings. The lowest BCUT2D eigenvalue weighted by molar-refractivity contribution is 0.0947. The molecule has 16 heavy (non-hydrogen) atoms. The lowest BCUT2D eigenvalue weighted by Gasteiger charge is -2.26. The van der Waals surface area contributed by atoms with Gasteiger partial charge in [-0.15, -0.1) is 0 Å². The highest BCUT2D eigenvalue weighted by atomic mass is 32.2. The van der Waals surface area contributed by atoms with E-state index in [4.69, 9.17) is 4.74 Å². The molecule has 2 aliphatic heterocycles. The lowest BCUT2D eigenvalue weighted by atomic mass is 10.1. The average molecular weight is 262 g/mol. The number of thioether (sulfide) groups is 2. The van der Waals surface area contributed by atoms with E-state index in [1.165, 1.54) is 24.3 Å². The SMILES string of the molecule is OC(CCCC1CCCO1)C1CSCCS1. The largest absolute Gasteiger partial charge is 0.392 e. The molecule has 0 aromatic carbocycles. The number of ether oxygens (including phenoxy) is 1. The molecule has 2 rings (SSSR count). The fourth-order valence-electron chi connectivity index (χ4n) is 2.34. The van der Waals surface area contributed by atoms with Gasteiger partial charge >= 0.3 is 0 Å². The van der Waals surface area contributed by atoms with Crippen molar-refractivity contribution in [3.8, 4) is 0 Å². The Morgan fingerprint density at radius 1 is 1.38 bits per heavy atom. The summed E-state index contributed by atoms with van der Waals surface area (Å²) in [7, 11) is 0. The van der Waals surface area contributed by atoms with Crippen molar-refractivity contribution in [1.82, 2.24) is 0 Å². The van der Waals surface area contributed by atoms with Gasteiger partial charge in [-0.25, -0.2) is 0 Å². The molecule has 0 aromatic rings. The predicted molar refractivity (Wildman–Crippen MR) is 72.4 cm³/mol. The second-order valence-electron chi connectivity index (χ2n) is 4.62. The van der Waals surface area contributed by atoms with E-state index in [1.807, 2.05) is 23.5 Å². The fraction of sp³-hybridized carbons (Fsp3) is 1.00. The monoisotopic (exact) mass is 262 g/mol. The Morgan fingerprint density at radius 2 is 2.31 bits per heavy atom. The first-order valence-corrected chi connectivity index (χ1v) is 8.55. The van der Waals surface area contributed by atoms with Gasteiger partial charge in [-0.3, -0.25) is 0 Å². The van der Waals surface area contributed by atoms with Crippen molar-refractivity contribution in [2.45, 2.75) is 49.6 Å². The highest BCUT2D eigenvalue weighted by Crippen LogP contribution is 2.28. The minimum Gasteiger partial charge on any atom is -0.392 e. The Hall–Kier alpha value is 0.620. The van der Waals surface area contributed by atoms with Crippen molar-refractivity contribution in [3.05, 3.63) is 0 Å². The summed E-state index contributed by atoms with van der Waals surface area (Å²) in [5.41, 5.74) is 0. The highest BCUT2D eigenvalue weighted by molar-refractivity contribution is 8.06. The van der Waals surface area contributed by atoms with E-state index in [0.29, 0.717) is 11.4 Å². The summed E-state index contributed by atoms with van der Waals surface area (Å²) < 4.78 is 5.59. The Morgan fingerprint density at radius 3 is 3.00 bits per heavy atom. The Kier molecular flexibility index (Phi) is 5.83. The van der Waals surface area contributed by atoms with Crippen LogP contribution in [0.25, 0.3) is 0 Å². The molecule has 2 aliphatic rings. The third-order valence-corrected chi connectivity index (χ3v) is 6.23. The van der Waals surface area contributed by atoms with Crippen molar-refractivity contribution >= 4 is 23.5 Å². The number of aliphatic hydroxyl groups excluding tert-OH is 1. The van der Waals surface area contributed by atoms with Crippen LogP contribution in [0.2, 0.25) is 0 Å². The molecule has 4 heteroatoms. The fourth-order valence-corrected chi connectivity index (χ4v) is 5.15. The maximum absolute atomic E-state index is 10.1. The molecule has 0 bridgehead atoms. The van der Waals surface area contributed by atoms with Gasteiger partial charge in [-0.05, 0) is 32.1 Å². The van der Waals surface area contributed by atoms with Crippen molar-refractivity contribution in [2.24, 2.45) is 0 Å². The van der Waals surface area contributed by atoms with Gasteiger partial charge in [0.2, 0.25) is 0 Å². The Bertz CT molecular complexity index is 189. The number of hydrogen-bond acceptors (Lipinski definition) is 4. The zero-order valence-electron chi connectivity index (χ0n) is 9.77. The Balaban J connectivity index is 1.57. The van der Waals surface area contributed by atoms with E-state index in [9.17, 15) is 5.11 Å². The normalized spacial score (nSPS) is 32.8. The van der Waals surface area contributed by atoms with Crippen molar-refractivity contribution in [1.29, 1.82) is 0 Å². The molecule has 0 aliphatic carbocycles. The molecular weight excluding hydrogens is 240 g/mol. The minimum absolute atomic E-state index is 0.0980. The first-order valence-electron chi connectivity index (χ1n) is 6.35. The van der Waals surface area contributed by atoms with Gasteiger partial charge in [0.1, 0.15) is 0 Å². The van der Waals surface area contributed by atoms with Gasteiger partial charge in [0.25, 0.3) is 0 Å². The van der Waals surface area contributed by atoms with Crippen LogP contribution in [0.15, 0.2) is 0 Å². The molecule has 3 unspecified atom stereocenters. The van der Waals surface area contributed by atoms with Crippen molar-refractivity contribution in [2.75, 3.05) is 23.9 Å². The third-order valence-electron chi connectivity index (χ3n) is 3.32. The minimum atomic E-state index is -0.0980. The standard InChI is InChI=1S/C12H22O2S2/c13-11(12-9-15-7-8-16-12)5-1-3-10-4-2-6-14-10/h10-13H,1-9H2. The summed E-state index contributed by atoms with van der Waals surface area (Å²) >= 11 is 3.94. The number of aliphatic hydroxyl groups is 1. The van der Waals surface area contributed by atoms with Crippen LogP contribution in [0, 0.1) is 0 Å². The molecular formula is C12H22O2S2. The summed E-state index contributed by atoms with van der Waals surface area (Å²) in [5.74, 6) is 3.59. The zero-order valence-corrected chi connectivity index (χ0v) is 11.4. The van der Waals surface area contributed by atoms with Crippen LogP contribution < -0.4 is 0 Å². The molecule has 0 spiro atoms. The van der Waals surface area contributed by atoms with Crippen molar-refractivity contribution < 1.29 is 9.84 Å². The second kappa shape index (κ2) is 7.14. The molecule has 2 heterocycles. The quantitative estimate of drug-likeness (QED) is 0.824. The van der Waals surface area contributed by atoms with Gasteiger partial charge < -0.3 is 9.84 Å². The third kappa shape index (κ3) is 4.13. The molecule has 0 saturated carbocycles. The first kappa shape index (κ1) is 13.1. The summed E-state index contributed by atoms with van der Waals surface area (Å²) in [4.78, 5) is 0. The molecule has 94 valence electrons. The summed E-state index contributed by atoms with van der Waals surface area (Å²) in [6.07, 6.45) is 6.06. The summed E-state index contributed by atoms with van der Waals surface area (Å²) in [5, 5.41) is 10.5. The van der Waals surface area contributed by atoms with Gasteiger partial charge in [-0.2, -0.15) is 23.5 Å². The smallest absolute Gasteiger partial charge is 0.0666 e. The van der Waals surface area contributed by atoms with Crippen LogP contribution >= 0.6 is 23.5 Å². The highest BCUT2D eigenvalue weighted by Gasteiger charge is 2.23. The maximum atomic E-state index is 10.1. The summed E-state index contributed by atoms with van der Waals surface area (Å²) in [6.45, 7) is 0.947. The maximum Gasteiger partial charge on any atom is 0.0666 e. The van der Waals surface area contributed by atoms with E-state index < -0.39 is 0 Å². The van der Waals surface area contributed by atoms with Crippen LogP contribution in [-0.2, 0) is 4.74 Å². The van der Waals surface area contributed by atoms with E-state index in [1.54, 1.807) is 0 Å². The number of hydrogen-bond donors (Lipinski definition) is 1. The van der Waals surface area contributed by atoms with E-state index in [2.05, 4.69) is 0 Å². The molecule has 1 N–H and O–H groups in total. The zero-order chi connectivity index (χ0) is 11.2. The van der Waals surface area contributed by atoms with Gasteiger partial charge in [0.15, 0.2) is 0 Å². The second-order valence-corrected chi connectivity index (χ2v) is 7.11. The molecule has 0 amide bonds. The van der Waals surface area contributed by atoms with E-state index in [0.717, 1.165) is 31.6 Å². The van der Waals surface area contributed by atoms with E-state index >= 15 is 0 Å². The van der Waals surface area contributed by atoms with Crippen LogP contribution in [0.5, 0.6) is 0 Å². The van der Waals surface area contributed by atoms with Gasteiger partial charge in [0.05, 0.1) is 12.2 Å². The summed E-state index contributed by atoms with van der Waals surface area (Å²) in [6, 6.07) is 0.